The molecule has 0 heterocycles. The van der Waals surface area contributed by atoms with Crippen molar-refractivity contribution in [3.63, 3.8) is 0 Å². The first kappa shape index (κ1) is 56.0. The Bertz CT molecular complexity index is 984. The smallest absolute Gasteiger partial charge is 0.268 e. The molecule has 0 aliphatic heterocycles. The molecule has 0 fully saturated rings. The van der Waals surface area contributed by atoms with Crippen LogP contribution in [0, 0.1) is 0 Å². The fourth-order valence-corrected chi connectivity index (χ4v) is 7.75. The number of quaternary nitrogens is 1. The van der Waals surface area contributed by atoms with E-state index in [9.17, 15) is 19.4 Å². The molecule has 338 valence electrons. The fraction of sp³-hybridized carbons (Fsp3) is 0.896. The lowest BCUT2D eigenvalue weighted by Gasteiger charge is -2.29. The minimum absolute atomic E-state index is 0.000209. The van der Waals surface area contributed by atoms with E-state index in [2.05, 4.69) is 31.3 Å². The molecule has 0 radical (unpaired) electrons. The summed E-state index contributed by atoms with van der Waals surface area (Å²) >= 11 is 0. The SMILES string of the molecule is CCCCCCCC/C=C/C(O)C(COP(=O)([O-])OCC[N+](C)(C)C)NC(=O)CCCCCCCCCCCCCCCCC/C=C\CCCCCCCCCC. The van der Waals surface area contributed by atoms with E-state index in [1.165, 1.54) is 167 Å². The Kier molecular flexibility index (Phi) is 39.7. The number of unbranched alkanes of at least 4 members (excludes halogenated alkanes) is 29. The van der Waals surface area contributed by atoms with Gasteiger partial charge in [-0.15, -0.1) is 0 Å². The molecule has 0 rings (SSSR count). The van der Waals surface area contributed by atoms with Crippen LogP contribution in [0.1, 0.15) is 226 Å². The normalized spacial score (nSPS) is 14.4. The third-order valence-corrected chi connectivity index (χ3v) is 11.9. The third kappa shape index (κ3) is 42.9. The Labute approximate surface area is 354 Å². The molecule has 3 unspecified atom stereocenters. The van der Waals surface area contributed by atoms with Crippen LogP contribution in [0.5, 0.6) is 0 Å². The van der Waals surface area contributed by atoms with Crippen LogP contribution < -0.4 is 10.2 Å². The number of hydrogen-bond donors (Lipinski definition) is 2. The second-order valence-electron chi connectivity index (χ2n) is 17.8. The van der Waals surface area contributed by atoms with Crippen LogP contribution in [0.2, 0.25) is 0 Å². The van der Waals surface area contributed by atoms with Gasteiger partial charge >= 0.3 is 0 Å². The van der Waals surface area contributed by atoms with Gasteiger partial charge in [0.1, 0.15) is 13.2 Å². The van der Waals surface area contributed by atoms with Crippen LogP contribution >= 0.6 is 7.82 Å². The number of amides is 1. The van der Waals surface area contributed by atoms with Crippen LogP contribution in [0.3, 0.4) is 0 Å². The Morgan fingerprint density at radius 1 is 0.596 bits per heavy atom. The van der Waals surface area contributed by atoms with E-state index < -0.39 is 20.0 Å². The van der Waals surface area contributed by atoms with Gasteiger partial charge in [-0.2, -0.15) is 0 Å². The number of nitrogens with zero attached hydrogens (tertiary/aromatic N) is 1. The van der Waals surface area contributed by atoms with E-state index >= 15 is 0 Å². The van der Waals surface area contributed by atoms with Crippen molar-refractivity contribution in [3.05, 3.63) is 24.3 Å². The molecule has 57 heavy (non-hydrogen) atoms. The quantitative estimate of drug-likeness (QED) is 0.0274. The van der Waals surface area contributed by atoms with Crippen molar-refractivity contribution in [2.45, 2.75) is 238 Å². The topological polar surface area (TPSA) is 108 Å². The first-order valence-corrected chi connectivity index (χ1v) is 25.7. The summed E-state index contributed by atoms with van der Waals surface area (Å²) in [6.45, 7) is 4.61. The van der Waals surface area contributed by atoms with E-state index in [4.69, 9.17) is 9.05 Å². The lowest BCUT2D eigenvalue weighted by molar-refractivity contribution is -0.870. The number of carbonyl (C=O) groups is 1. The summed E-state index contributed by atoms with van der Waals surface area (Å²) in [5.74, 6) is -0.199. The van der Waals surface area contributed by atoms with Gasteiger partial charge < -0.3 is 28.8 Å². The number of phosphoric acid groups is 1. The number of rotatable bonds is 44. The molecule has 0 aromatic heterocycles. The van der Waals surface area contributed by atoms with Gasteiger partial charge in [-0.3, -0.25) is 9.36 Å². The average Bonchev–Trinajstić information content (AvgIpc) is 3.16. The standard InChI is InChI=1S/C48H95N2O6P/c1-6-8-10-12-14-16-17-18-19-20-21-22-23-24-25-26-27-28-29-30-31-32-33-34-36-38-40-42-48(52)49-46(45-56-57(53,54)55-44-43-50(3,4)5)47(51)41-39-37-35-15-13-11-9-7-2/h20-21,39,41,46-47,51H,6-19,22-38,40,42-45H2,1-5H3,(H-,49,52,53,54)/b21-20-,41-39+. The van der Waals surface area contributed by atoms with Gasteiger partial charge in [0, 0.05) is 6.42 Å². The zero-order valence-electron chi connectivity index (χ0n) is 38.3. The Morgan fingerprint density at radius 2 is 0.965 bits per heavy atom. The van der Waals surface area contributed by atoms with Crippen molar-refractivity contribution in [2.75, 3.05) is 40.9 Å². The van der Waals surface area contributed by atoms with Crippen molar-refractivity contribution in [2.24, 2.45) is 0 Å². The summed E-state index contributed by atoms with van der Waals surface area (Å²) in [5.41, 5.74) is 0. The Morgan fingerprint density at radius 3 is 1.37 bits per heavy atom. The van der Waals surface area contributed by atoms with Crippen LogP contribution in [-0.2, 0) is 18.4 Å². The number of carbonyl (C=O) groups excluding carboxylic acids is 1. The molecule has 2 N–H and O–H groups in total. The average molecular weight is 827 g/mol. The van der Waals surface area contributed by atoms with Gasteiger partial charge in [-0.05, 0) is 44.9 Å². The minimum atomic E-state index is -4.58. The number of phosphoric ester groups is 1. The zero-order chi connectivity index (χ0) is 42.1. The van der Waals surface area contributed by atoms with E-state index in [1.54, 1.807) is 6.08 Å². The lowest BCUT2D eigenvalue weighted by Crippen LogP contribution is -2.45. The summed E-state index contributed by atoms with van der Waals surface area (Å²) in [4.78, 5) is 25.2. The molecular formula is C48H95N2O6P. The summed E-state index contributed by atoms with van der Waals surface area (Å²) in [7, 11) is 1.26. The largest absolute Gasteiger partial charge is 0.756 e. The molecule has 0 spiro atoms. The van der Waals surface area contributed by atoms with E-state index in [0.29, 0.717) is 17.4 Å². The summed E-state index contributed by atoms with van der Waals surface area (Å²) in [6, 6.07) is -0.880. The van der Waals surface area contributed by atoms with Crippen molar-refractivity contribution in [3.8, 4) is 0 Å². The monoisotopic (exact) mass is 827 g/mol. The van der Waals surface area contributed by atoms with Crippen LogP contribution in [0.4, 0.5) is 0 Å². The molecule has 0 aliphatic rings. The second-order valence-corrected chi connectivity index (χ2v) is 19.2. The highest BCUT2D eigenvalue weighted by molar-refractivity contribution is 7.45. The zero-order valence-corrected chi connectivity index (χ0v) is 39.2. The maximum atomic E-state index is 12.8. The number of allylic oxidation sites excluding steroid dienone is 3. The summed E-state index contributed by atoms with van der Waals surface area (Å²) in [6.07, 6.45) is 48.3. The van der Waals surface area contributed by atoms with Crippen LogP contribution in [0.25, 0.3) is 0 Å². The summed E-state index contributed by atoms with van der Waals surface area (Å²) in [5, 5.41) is 13.7. The molecule has 8 nitrogen and oxygen atoms in total. The Balaban J connectivity index is 4.03. The maximum Gasteiger partial charge on any atom is 0.268 e. The number of aliphatic hydroxyl groups is 1. The molecule has 0 aromatic rings. The summed E-state index contributed by atoms with van der Waals surface area (Å²) < 4.78 is 23.1. The van der Waals surface area contributed by atoms with E-state index in [-0.39, 0.29) is 19.1 Å². The minimum Gasteiger partial charge on any atom is -0.756 e. The highest BCUT2D eigenvalue weighted by Gasteiger charge is 2.23. The number of likely N-dealkylation sites (N-methyl/N-ethyl adjacent to an activating group) is 1. The fourth-order valence-electron chi connectivity index (χ4n) is 7.03. The van der Waals surface area contributed by atoms with Crippen molar-refractivity contribution >= 4 is 13.7 Å². The molecular weight excluding hydrogens is 732 g/mol. The number of hydrogen-bond acceptors (Lipinski definition) is 6. The molecule has 0 bridgehead atoms. The molecule has 0 saturated carbocycles. The molecule has 0 aliphatic carbocycles. The molecule has 0 saturated heterocycles. The van der Waals surface area contributed by atoms with Gasteiger partial charge in [0.2, 0.25) is 5.91 Å². The van der Waals surface area contributed by atoms with Gasteiger partial charge in [0.15, 0.2) is 0 Å². The lowest BCUT2D eigenvalue weighted by atomic mass is 10.0. The Hall–Kier alpha value is -1.02. The number of aliphatic hydroxyl groups excluding tert-OH is 1. The molecule has 9 heteroatoms. The molecule has 3 atom stereocenters. The highest BCUT2D eigenvalue weighted by Crippen LogP contribution is 2.38. The highest BCUT2D eigenvalue weighted by atomic mass is 31.2. The van der Waals surface area contributed by atoms with E-state index in [0.717, 1.165) is 38.5 Å². The maximum absolute atomic E-state index is 12.8. The van der Waals surface area contributed by atoms with Gasteiger partial charge in [0.05, 0.1) is 39.9 Å². The number of nitrogens with one attached hydrogen (secondary N) is 1. The first-order chi connectivity index (χ1) is 27.5. The van der Waals surface area contributed by atoms with Gasteiger partial charge in [0.25, 0.3) is 7.82 Å². The first-order valence-electron chi connectivity index (χ1n) is 24.2. The van der Waals surface area contributed by atoms with Gasteiger partial charge in [-0.25, -0.2) is 0 Å². The van der Waals surface area contributed by atoms with Gasteiger partial charge in [-0.1, -0.05) is 199 Å². The van der Waals surface area contributed by atoms with Crippen molar-refractivity contribution < 1.29 is 32.9 Å². The predicted octanol–water partition coefficient (Wildman–Crippen LogP) is 13.1. The molecule has 1 amide bonds. The third-order valence-electron chi connectivity index (χ3n) is 10.9. The molecule has 0 aromatic carbocycles. The van der Waals surface area contributed by atoms with Crippen LogP contribution in [0.15, 0.2) is 24.3 Å². The predicted molar refractivity (Wildman–Crippen MR) is 242 cm³/mol. The van der Waals surface area contributed by atoms with Crippen molar-refractivity contribution in [1.29, 1.82) is 0 Å². The van der Waals surface area contributed by atoms with Crippen LogP contribution in [-0.4, -0.2) is 68.5 Å². The van der Waals surface area contributed by atoms with E-state index in [1.807, 2.05) is 27.2 Å². The second kappa shape index (κ2) is 40.4. The van der Waals surface area contributed by atoms with Crippen molar-refractivity contribution in [1.82, 2.24) is 5.32 Å².